The van der Waals surface area contributed by atoms with Crippen molar-refractivity contribution in [2.45, 2.75) is 13.0 Å². The van der Waals surface area contributed by atoms with Crippen molar-refractivity contribution >= 4 is 11.6 Å². The van der Waals surface area contributed by atoms with E-state index in [9.17, 15) is 0 Å². The van der Waals surface area contributed by atoms with Gasteiger partial charge in [0.15, 0.2) is 0 Å². The molecular formula is C11H12ClN3. The third-order valence-corrected chi connectivity index (χ3v) is 2.47. The Bertz CT molecular complexity index is 445. The number of hydrogen-bond acceptors (Lipinski definition) is 2. The molecule has 2 N–H and O–H groups in total. The number of halogens is 1. The Balaban J connectivity index is 2.33. The minimum Gasteiger partial charge on any atom is -0.324 e. The van der Waals surface area contributed by atoms with E-state index in [0.29, 0.717) is 0 Å². The molecule has 1 atom stereocenters. The summed E-state index contributed by atoms with van der Waals surface area (Å²) in [7, 11) is 0. The number of hydrogen-bond donors (Lipinski definition) is 1. The third-order valence-electron chi connectivity index (χ3n) is 2.22. The van der Waals surface area contributed by atoms with E-state index >= 15 is 0 Å². The SMILES string of the molecule is CC(N)c1cnn(-c2ccc(Cl)cc2)c1. The summed E-state index contributed by atoms with van der Waals surface area (Å²) in [6.07, 6.45) is 3.70. The Hall–Kier alpha value is -1.32. The van der Waals surface area contributed by atoms with Crippen LogP contribution in [0, 0.1) is 0 Å². The van der Waals surface area contributed by atoms with Crippen molar-refractivity contribution < 1.29 is 0 Å². The molecule has 0 aliphatic rings. The molecule has 1 unspecified atom stereocenters. The molecule has 78 valence electrons. The molecule has 1 aromatic carbocycles. The van der Waals surface area contributed by atoms with E-state index in [1.807, 2.05) is 37.4 Å². The van der Waals surface area contributed by atoms with Crippen molar-refractivity contribution in [2.75, 3.05) is 0 Å². The van der Waals surface area contributed by atoms with Crippen molar-refractivity contribution in [2.24, 2.45) is 5.73 Å². The van der Waals surface area contributed by atoms with Crippen LogP contribution in [-0.4, -0.2) is 9.78 Å². The lowest BCUT2D eigenvalue weighted by Crippen LogP contribution is -2.03. The molecule has 0 spiro atoms. The van der Waals surface area contributed by atoms with Gasteiger partial charge in [0.1, 0.15) is 0 Å². The molecule has 0 bridgehead atoms. The molecule has 15 heavy (non-hydrogen) atoms. The molecule has 0 fully saturated rings. The van der Waals surface area contributed by atoms with Crippen molar-refractivity contribution in [1.29, 1.82) is 0 Å². The van der Waals surface area contributed by atoms with Gasteiger partial charge in [0.25, 0.3) is 0 Å². The molecule has 0 radical (unpaired) electrons. The first-order valence-corrected chi connectivity index (χ1v) is 5.11. The molecule has 4 heteroatoms. The summed E-state index contributed by atoms with van der Waals surface area (Å²) in [5.74, 6) is 0. The maximum absolute atomic E-state index is 5.81. The second-order valence-electron chi connectivity index (χ2n) is 3.48. The van der Waals surface area contributed by atoms with E-state index in [-0.39, 0.29) is 6.04 Å². The molecule has 2 aromatic rings. The van der Waals surface area contributed by atoms with Crippen LogP contribution < -0.4 is 5.73 Å². The lowest BCUT2D eigenvalue weighted by atomic mass is 10.2. The topological polar surface area (TPSA) is 43.8 Å². The van der Waals surface area contributed by atoms with E-state index in [2.05, 4.69) is 5.10 Å². The molecule has 1 aromatic heterocycles. The molecule has 1 heterocycles. The molecule has 3 nitrogen and oxygen atoms in total. The Morgan fingerprint density at radius 2 is 2.00 bits per heavy atom. The normalized spacial score (nSPS) is 12.7. The maximum atomic E-state index is 5.81. The summed E-state index contributed by atoms with van der Waals surface area (Å²) in [5, 5.41) is 4.95. The average Bonchev–Trinajstić information content (AvgIpc) is 2.68. The van der Waals surface area contributed by atoms with Crippen LogP contribution in [0.5, 0.6) is 0 Å². The van der Waals surface area contributed by atoms with Crippen molar-refractivity contribution in [3.63, 3.8) is 0 Å². The van der Waals surface area contributed by atoms with Crippen LogP contribution in [0.2, 0.25) is 5.02 Å². The average molecular weight is 222 g/mol. The second kappa shape index (κ2) is 4.04. The van der Waals surface area contributed by atoms with Crippen LogP contribution in [0.15, 0.2) is 36.7 Å². The number of aromatic nitrogens is 2. The summed E-state index contributed by atoms with van der Waals surface area (Å²) < 4.78 is 1.79. The molecule has 0 aliphatic carbocycles. The molecule has 0 saturated heterocycles. The van der Waals surface area contributed by atoms with E-state index < -0.39 is 0 Å². The van der Waals surface area contributed by atoms with Gasteiger partial charge in [-0.1, -0.05) is 11.6 Å². The Kier molecular flexibility index (Phi) is 2.75. The lowest BCUT2D eigenvalue weighted by Gasteiger charge is -2.01. The van der Waals surface area contributed by atoms with Gasteiger partial charge in [0.05, 0.1) is 11.9 Å². The fourth-order valence-corrected chi connectivity index (χ4v) is 1.43. The first-order chi connectivity index (χ1) is 7.16. The molecule has 2 rings (SSSR count). The summed E-state index contributed by atoms with van der Waals surface area (Å²) in [6.45, 7) is 1.93. The van der Waals surface area contributed by atoms with Gasteiger partial charge in [-0.25, -0.2) is 4.68 Å². The predicted molar refractivity (Wildman–Crippen MR) is 61.2 cm³/mol. The predicted octanol–water partition coefficient (Wildman–Crippen LogP) is 2.55. The molecule has 0 aliphatic heterocycles. The Morgan fingerprint density at radius 3 is 2.53 bits per heavy atom. The molecular weight excluding hydrogens is 210 g/mol. The summed E-state index contributed by atoms with van der Waals surface area (Å²) in [6, 6.07) is 7.51. The van der Waals surface area contributed by atoms with Crippen LogP contribution in [0.1, 0.15) is 18.5 Å². The van der Waals surface area contributed by atoms with E-state index in [1.165, 1.54) is 0 Å². The molecule has 0 saturated carbocycles. The highest BCUT2D eigenvalue weighted by molar-refractivity contribution is 6.30. The van der Waals surface area contributed by atoms with E-state index in [0.717, 1.165) is 16.3 Å². The minimum atomic E-state index is 0.00560. The van der Waals surface area contributed by atoms with Gasteiger partial charge >= 0.3 is 0 Å². The van der Waals surface area contributed by atoms with Crippen LogP contribution in [0.4, 0.5) is 0 Å². The minimum absolute atomic E-state index is 0.00560. The van der Waals surface area contributed by atoms with Gasteiger partial charge in [0.2, 0.25) is 0 Å². The number of rotatable bonds is 2. The van der Waals surface area contributed by atoms with Gasteiger partial charge in [-0.15, -0.1) is 0 Å². The fourth-order valence-electron chi connectivity index (χ4n) is 1.31. The maximum Gasteiger partial charge on any atom is 0.0646 e. The highest BCUT2D eigenvalue weighted by Crippen LogP contribution is 2.15. The summed E-state index contributed by atoms with van der Waals surface area (Å²) in [5.41, 5.74) is 7.75. The standard InChI is InChI=1S/C11H12ClN3/c1-8(13)9-6-14-15(7-9)11-4-2-10(12)3-5-11/h2-8H,13H2,1H3. The third kappa shape index (κ3) is 2.19. The van der Waals surface area contributed by atoms with Gasteiger partial charge in [0, 0.05) is 22.8 Å². The summed E-state index contributed by atoms with van der Waals surface area (Å²) in [4.78, 5) is 0. The zero-order chi connectivity index (χ0) is 10.8. The van der Waals surface area contributed by atoms with Gasteiger partial charge in [-0.05, 0) is 31.2 Å². The van der Waals surface area contributed by atoms with E-state index in [1.54, 1.807) is 10.9 Å². The fraction of sp³-hybridized carbons (Fsp3) is 0.182. The zero-order valence-corrected chi connectivity index (χ0v) is 9.15. The van der Waals surface area contributed by atoms with Gasteiger partial charge in [-0.3, -0.25) is 0 Å². The van der Waals surface area contributed by atoms with Gasteiger partial charge < -0.3 is 5.73 Å². The smallest absolute Gasteiger partial charge is 0.0646 e. The number of benzene rings is 1. The van der Waals surface area contributed by atoms with Gasteiger partial charge in [-0.2, -0.15) is 5.10 Å². The van der Waals surface area contributed by atoms with Crippen LogP contribution in [0.25, 0.3) is 5.69 Å². The highest BCUT2D eigenvalue weighted by atomic mass is 35.5. The number of nitrogens with two attached hydrogens (primary N) is 1. The lowest BCUT2D eigenvalue weighted by molar-refractivity contribution is 0.816. The highest BCUT2D eigenvalue weighted by Gasteiger charge is 2.03. The Morgan fingerprint density at radius 1 is 1.33 bits per heavy atom. The molecule has 0 amide bonds. The van der Waals surface area contributed by atoms with Crippen molar-refractivity contribution in [3.8, 4) is 5.69 Å². The van der Waals surface area contributed by atoms with Crippen LogP contribution in [-0.2, 0) is 0 Å². The van der Waals surface area contributed by atoms with Crippen molar-refractivity contribution in [3.05, 3.63) is 47.2 Å². The van der Waals surface area contributed by atoms with Crippen LogP contribution >= 0.6 is 11.6 Å². The second-order valence-corrected chi connectivity index (χ2v) is 3.92. The van der Waals surface area contributed by atoms with E-state index in [4.69, 9.17) is 17.3 Å². The largest absolute Gasteiger partial charge is 0.324 e. The Labute approximate surface area is 93.5 Å². The quantitative estimate of drug-likeness (QED) is 0.847. The first-order valence-electron chi connectivity index (χ1n) is 4.73. The monoisotopic (exact) mass is 221 g/mol. The zero-order valence-electron chi connectivity index (χ0n) is 8.39. The first kappa shape index (κ1) is 10.2. The van der Waals surface area contributed by atoms with Crippen LogP contribution in [0.3, 0.4) is 0 Å². The number of nitrogens with zero attached hydrogens (tertiary/aromatic N) is 2. The summed E-state index contributed by atoms with van der Waals surface area (Å²) >= 11 is 5.81. The van der Waals surface area contributed by atoms with Crippen molar-refractivity contribution in [1.82, 2.24) is 9.78 Å².